The molecule has 1 heterocycles. The predicted octanol–water partition coefficient (Wildman–Crippen LogP) is 1.33. The summed E-state index contributed by atoms with van der Waals surface area (Å²) in [6.07, 6.45) is 0. The van der Waals surface area contributed by atoms with E-state index in [0.717, 1.165) is 5.56 Å². The van der Waals surface area contributed by atoms with Gasteiger partial charge in [0.1, 0.15) is 0 Å². The molecule has 76 valence electrons. The zero-order valence-corrected chi connectivity index (χ0v) is 8.32. The van der Waals surface area contributed by atoms with E-state index in [4.69, 9.17) is 5.73 Å². The van der Waals surface area contributed by atoms with Gasteiger partial charge in [0, 0.05) is 11.1 Å². The van der Waals surface area contributed by atoms with Crippen LogP contribution in [0.2, 0.25) is 0 Å². The molecular formula is C11H11N3O. The first-order chi connectivity index (χ1) is 7.18. The Balaban J connectivity index is 2.68. The van der Waals surface area contributed by atoms with E-state index in [1.165, 1.54) is 0 Å². The minimum absolute atomic E-state index is 0.143. The molecule has 0 unspecified atom stereocenters. The van der Waals surface area contributed by atoms with Crippen molar-refractivity contribution in [3.63, 3.8) is 0 Å². The van der Waals surface area contributed by atoms with Crippen LogP contribution in [0.1, 0.15) is 5.56 Å². The van der Waals surface area contributed by atoms with Crippen molar-refractivity contribution < 1.29 is 0 Å². The zero-order valence-electron chi connectivity index (χ0n) is 8.32. The lowest BCUT2D eigenvalue weighted by molar-refractivity contribution is 1.10. The summed E-state index contributed by atoms with van der Waals surface area (Å²) in [6.45, 7) is 1.73. The predicted molar refractivity (Wildman–Crippen MR) is 59.4 cm³/mol. The van der Waals surface area contributed by atoms with Crippen molar-refractivity contribution in [1.82, 2.24) is 9.97 Å². The lowest BCUT2D eigenvalue weighted by atomic mass is 10.1. The highest BCUT2D eigenvalue weighted by molar-refractivity contribution is 5.63. The second-order valence-electron chi connectivity index (χ2n) is 3.29. The third-order valence-corrected chi connectivity index (χ3v) is 2.22. The Morgan fingerprint density at radius 3 is 2.60 bits per heavy atom. The smallest absolute Gasteiger partial charge is 0.255 e. The van der Waals surface area contributed by atoms with Crippen LogP contribution in [-0.4, -0.2) is 9.97 Å². The van der Waals surface area contributed by atoms with Gasteiger partial charge in [0.05, 0.1) is 5.69 Å². The maximum Gasteiger partial charge on any atom is 0.255 e. The molecule has 3 N–H and O–H groups in total. The van der Waals surface area contributed by atoms with Crippen molar-refractivity contribution in [2.75, 3.05) is 5.73 Å². The molecule has 0 saturated heterocycles. The Hall–Kier alpha value is -2.10. The number of hydrogen-bond donors (Lipinski definition) is 2. The van der Waals surface area contributed by atoms with E-state index < -0.39 is 0 Å². The second kappa shape index (κ2) is 3.57. The van der Waals surface area contributed by atoms with Gasteiger partial charge in [0.25, 0.3) is 5.56 Å². The topological polar surface area (TPSA) is 71.8 Å². The van der Waals surface area contributed by atoms with Gasteiger partial charge < -0.3 is 5.73 Å². The molecular weight excluding hydrogens is 190 g/mol. The quantitative estimate of drug-likeness (QED) is 0.731. The molecule has 1 aromatic heterocycles. The summed E-state index contributed by atoms with van der Waals surface area (Å²) < 4.78 is 0. The van der Waals surface area contributed by atoms with Crippen LogP contribution in [0, 0.1) is 6.92 Å². The number of nitrogens with two attached hydrogens (primary N) is 1. The molecule has 0 amide bonds. The molecule has 0 aliphatic heterocycles. The van der Waals surface area contributed by atoms with Crippen LogP contribution < -0.4 is 11.3 Å². The number of aromatic amines is 1. The first-order valence-corrected chi connectivity index (χ1v) is 4.60. The number of nitrogens with one attached hydrogen (secondary N) is 1. The molecule has 2 aromatic rings. The lowest BCUT2D eigenvalue weighted by Crippen LogP contribution is -2.15. The van der Waals surface area contributed by atoms with Crippen molar-refractivity contribution in [2.45, 2.75) is 6.92 Å². The van der Waals surface area contributed by atoms with E-state index >= 15 is 0 Å². The summed E-state index contributed by atoms with van der Waals surface area (Å²) in [5, 5.41) is 0. The standard InChI is InChI=1S/C11H11N3O/c1-7-9(8-5-3-2-4-6-8)13-11(12)14-10(7)15/h2-6H,1H3,(H3,12,13,14,15). The van der Waals surface area contributed by atoms with Gasteiger partial charge in [-0.3, -0.25) is 9.78 Å². The van der Waals surface area contributed by atoms with Crippen LogP contribution >= 0.6 is 0 Å². The first kappa shape index (κ1) is 9.45. The molecule has 4 nitrogen and oxygen atoms in total. The highest BCUT2D eigenvalue weighted by Crippen LogP contribution is 2.18. The van der Waals surface area contributed by atoms with Crippen LogP contribution in [0.15, 0.2) is 35.1 Å². The van der Waals surface area contributed by atoms with E-state index in [1.807, 2.05) is 30.3 Å². The Labute approximate surface area is 86.8 Å². The van der Waals surface area contributed by atoms with Gasteiger partial charge in [0.15, 0.2) is 0 Å². The maximum absolute atomic E-state index is 11.5. The third-order valence-electron chi connectivity index (χ3n) is 2.22. The number of H-pyrrole nitrogens is 1. The van der Waals surface area contributed by atoms with E-state index in [1.54, 1.807) is 6.92 Å². The fraction of sp³-hybridized carbons (Fsp3) is 0.0909. The summed E-state index contributed by atoms with van der Waals surface area (Å²) in [4.78, 5) is 18.0. The average Bonchev–Trinajstić information content (AvgIpc) is 2.24. The van der Waals surface area contributed by atoms with Crippen LogP contribution in [0.5, 0.6) is 0 Å². The van der Waals surface area contributed by atoms with Crippen molar-refractivity contribution in [1.29, 1.82) is 0 Å². The summed E-state index contributed by atoms with van der Waals surface area (Å²) in [6, 6.07) is 9.50. The van der Waals surface area contributed by atoms with Crippen LogP contribution in [-0.2, 0) is 0 Å². The first-order valence-electron chi connectivity index (χ1n) is 4.60. The molecule has 0 spiro atoms. The van der Waals surface area contributed by atoms with E-state index in [2.05, 4.69) is 9.97 Å². The molecule has 1 aromatic carbocycles. The number of anilines is 1. The van der Waals surface area contributed by atoms with Crippen LogP contribution in [0.3, 0.4) is 0 Å². The highest BCUT2D eigenvalue weighted by Gasteiger charge is 2.07. The number of rotatable bonds is 1. The molecule has 2 rings (SSSR count). The van der Waals surface area contributed by atoms with Gasteiger partial charge >= 0.3 is 0 Å². The zero-order chi connectivity index (χ0) is 10.8. The van der Waals surface area contributed by atoms with Crippen LogP contribution in [0.4, 0.5) is 5.95 Å². The fourth-order valence-corrected chi connectivity index (χ4v) is 1.43. The van der Waals surface area contributed by atoms with Crippen molar-refractivity contribution in [3.05, 3.63) is 46.2 Å². The fourth-order valence-electron chi connectivity index (χ4n) is 1.43. The summed E-state index contributed by atoms with van der Waals surface area (Å²) >= 11 is 0. The SMILES string of the molecule is Cc1c(-c2ccccc2)nc(N)[nH]c1=O. The van der Waals surface area contributed by atoms with E-state index in [-0.39, 0.29) is 11.5 Å². The number of nitrogen functional groups attached to an aromatic ring is 1. The summed E-state index contributed by atoms with van der Waals surface area (Å²) in [5.41, 5.74) is 7.42. The Kier molecular flexibility index (Phi) is 2.25. The molecule has 0 fully saturated rings. The largest absolute Gasteiger partial charge is 0.369 e. The van der Waals surface area contributed by atoms with Gasteiger partial charge in [-0.25, -0.2) is 4.98 Å². The van der Waals surface area contributed by atoms with Crippen molar-refractivity contribution in [2.24, 2.45) is 0 Å². The third kappa shape index (κ3) is 1.74. The maximum atomic E-state index is 11.5. The van der Waals surface area contributed by atoms with Gasteiger partial charge in [-0.15, -0.1) is 0 Å². The average molecular weight is 201 g/mol. The number of aromatic nitrogens is 2. The molecule has 0 saturated carbocycles. The Morgan fingerprint density at radius 2 is 1.93 bits per heavy atom. The Morgan fingerprint density at radius 1 is 1.27 bits per heavy atom. The normalized spacial score (nSPS) is 10.2. The van der Waals surface area contributed by atoms with Gasteiger partial charge in [0.2, 0.25) is 5.95 Å². The molecule has 0 radical (unpaired) electrons. The van der Waals surface area contributed by atoms with Gasteiger partial charge in [-0.1, -0.05) is 30.3 Å². The van der Waals surface area contributed by atoms with Gasteiger partial charge in [-0.05, 0) is 6.92 Å². The summed E-state index contributed by atoms with van der Waals surface area (Å²) in [7, 11) is 0. The molecule has 0 bridgehead atoms. The highest BCUT2D eigenvalue weighted by atomic mass is 16.1. The Bertz CT molecular complexity index is 531. The molecule has 0 atom stereocenters. The van der Waals surface area contributed by atoms with Crippen LogP contribution in [0.25, 0.3) is 11.3 Å². The molecule has 0 aliphatic rings. The van der Waals surface area contributed by atoms with Crippen molar-refractivity contribution in [3.8, 4) is 11.3 Å². The lowest BCUT2D eigenvalue weighted by Gasteiger charge is -2.04. The summed E-state index contributed by atoms with van der Waals surface area (Å²) in [5.74, 6) is 0.143. The number of nitrogens with zero attached hydrogens (tertiary/aromatic N) is 1. The van der Waals surface area contributed by atoms with E-state index in [9.17, 15) is 4.79 Å². The number of benzene rings is 1. The monoisotopic (exact) mass is 201 g/mol. The van der Waals surface area contributed by atoms with Crippen molar-refractivity contribution >= 4 is 5.95 Å². The molecule has 15 heavy (non-hydrogen) atoms. The minimum atomic E-state index is -0.193. The minimum Gasteiger partial charge on any atom is -0.369 e. The van der Waals surface area contributed by atoms with E-state index in [0.29, 0.717) is 11.3 Å². The molecule has 0 aliphatic carbocycles. The molecule has 4 heteroatoms. The van der Waals surface area contributed by atoms with Gasteiger partial charge in [-0.2, -0.15) is 0 Å². The number of hydrogen-bond acceptors (Lipinski definition) is 3. The second-order valence-corrected chi connectivity index (χ2v) is 3.29.